The van der Waals surface area contributed by atoms with Gasteiger partial charge in [-0.15, -0.1) is 5.10 Å². The third-order valence-electron chi connectivity index (χ3n) is 2.03. The Morgan fingerprint density at radius 2 is 2.07 bits per heavy atom. The molecule has 1 aromatic rings. The van der Waals surface area contributed by atoms with E-state index in [2.05, 4.69) is 29.4 Å². The van der Waals surface area contributed by atoms with Gasteiger partial charge in [0.1, 0.15) is 5.82 Å². The molecule has 0 aliphatic carbocycles. The van der Waals surface area contributed by atoms with Crippen molar-refractivity contribution in [1.82, 2.24) is 10.2 Å². The summed E-state index contributed by atoms with van der Waals surface area (Å²) in [4.78, 5) is 0. The Balaban J connectivity index is 2.64. The summed E-state index contributed by atoms with van der Waals surface area (Å²) in [6, 6.07) is 3.87. The lowest BCUT2D eigenvalue weighted by molar-refractivity contribution is 0.523. The lowest BCUT2D eigenvalue weighted by atomic mass is 10.0. The third kappa shape index (κ3) is 3.30. The van der Waals surface area contributed by atoms with E-state index in [1.807, 2.05) is 19.1 Å². The topological polar surface area (TPSA) is 63.8 Å². The maximum atomic E-state index is 5.52. The van der Waals surface area contributed by atoms with Crippen LogP contribution in [0.1, 0.15) is 26.0 Å². The SMILES string of the molecule is Cc1ccc(NC(C)(C)CCN)nn1. The zero-order valence-corrected chi connectivity index (χ0v) is 9.04. The molecular weight excluding hydrogens is 176 g/mol. The van der Waals surface area contributed by atoms with Gasteiger partial charge in [-0.05, 0) is 45.9 Å². The second kappa shape index (κ2) is 4.37. The molecule has 0 spiro atoms. The van der Waals surface area contributed by atoms with Crippen LogP contribution in [0.3, 0.4) is 0 Å². The van der Waals surface area contributed by atoms with Crippen LogP contribution in [-0.4, -0.2) is 22.3 Å². The van der Waals surface area contributed by atoms with Gasteiger partial charge in [0, 0.05) is 5.54 Å². The first-order chi connectivity index (χ1) is 6.53. The first kappa shape index (κ1) is 10.9. The predicted octanol–water partition coefficient (Wildman–Crippen LogP) is 1.32. The van der Waals surface area contributed by atoms with Crippen LogP contribution in [0, 0.1) is 6.92 Å². The number of nitrogens with two attached hydrogens (primary N) is 1. The molecule has 0 unspecified atom stereocenters. The average molecular weight is 194 g/mol. The number of nitrogens with zero attached hydrogens (tertiary/aromatic N) is 2. The summed E-state index contributed by atoms with van der Waals surface area (Å²) in [7, 11) is 0. The van der Waals surface area contributed by atoms with Crippen LogP contribution in [0.25, 0.3) is 0 Å². The summed E-state index contributed by atoms with van der Waals surface area (Å²) in [6.07, 6.45) is 0.905. The number of aromatic nitrogens is 2. The second-order valence-corrected chi connectivity index (χ2v) is 4.11. The minimum atomic E-state index is -0.0291. The summed E-state index contributed by atoms with van der Waals surface area (Å²) in [5, 5.41) is 11.3. The van der Waals surface area contributed by atoms with Crippen LogP contribution in [0.15, 0.2) is 12.1 Å². The summed E-state index contributed by atoms with van der Waals surface area (Å²) >= 11 is 0. The van der Waals surface area contributed by atoms with Crippen molar-refractivity contribution in [2.75, 3.05) is 11.9 Å². The Morgan fingerprint density at radius 1 is 1.36 bits per heavy atom. The van der Waals surface area contributed by atoms with Gasteiger partial charge in [-0.2, -0.15) is 5.10 Å². The molecule has 0 saturated heterocycles. The normalized spacial score (nSPS) is 11.4. The number of anilines is 1. The van der Waals surface area contributed by atoms with Crippen molar-refractivity contribution in [1.29, 1.82) is 0 Å². The van der Waals surface area contributed by atoms with E-state index in [0.717, 1.165) is 17.9 Å². The number of nitrogens with one attached hydrogen (secondary N) is 1. The molecule has 0 bridgehead atoms. The highest BCUT2D eigenvalue weighted by Crippen LogP contribution is 2.14. The lowest BCUT2D eigenvalue weighted by Gasteiger charge is -2.25. The molecule has 3 N–H and O–H groups in total. The van der Waals surface area contributed by atoms with Gasteiger partial charge >= 0.3 is 0 Å². The summed E-state index contributed by atoms with van der Waals surface area (Å²) in [5.41, 5.74) is 6.41. The molecule has 0 atom stereocenters. The van der Waals surface area contributed by atoms with Gasteiger partial charge in [0.05, 0.1) is 5.69 Å². The van der Waals surface area contributed by atoms with Crippen molar-refractivity contribution in [3.63, 3.8) is 0 Å². The molecule has 1 aromatic heterocycles. The summed E-state index contributed by atoms with van der Waals surface area (Å²) in [6.45, 7) is 6.78. The van der Waals surface area contributed by atoms with Gasteiger partial charge in [0.15, 0.2) is 0 Å². The van der Waals surface area contributed by atoms with E-state index in [4.69, 9.17) is 5.73 Å². The van der Waals surface area contributed by atoms with Crippen molar-refractivity contribution in [2.24, 2.45) is 5.73 Å². The predicted molar refractivity (Wildman–Crippen MR) is 58.1 cm³/mol. The van der Waals surface area contributed by atoms with Crippen LogP contribution in [0.4, 0.5) is 5.82 Å². The minimum Gasteiger partial charge on any atom is -0.364 e. The molecule has 4 nitrogen and oxygen atoms in total. The zero-order valence-electron chi connectivity index (χ0n) is 9.04. The van der Waals surface area contributed by atoms with E-state index < -0.39 is 0 Å². The lowest BCUT2D eigenvalue weighted by Crippen LogP contribution is -2.33. The van der Waals surface area contributed by atoms with E-state index in [-0.39, 0.29) is 5.54 Å². The molecule has 14 heavy (non-hydrogen) atoms. The van der Waals surface area contributed by atoms with Crippen molar-refractivity contribution >= 4 is 5.82 Å². The Kier molecular flexibility index (Phi) is 3.41. The molecule has 0 aliphatic heterocycles. The monoisotopic (exact) mass is 194 g/mol. The fourth-order valence-corrected chi connectivity index (χ4v) is 1.24. The van der Waals surface area contributed by atoms with Gasteiger partial charge < -0.3 is 11.1 Å². The Bertz CT molecular complexity index is 279. The number of hydrogen-bond donors (Lipinski definition) is 2. The molecule has 4 heteroatoms. The highest BCUT2D eigenvalue weighted by Gasteiger charge is 2.16. The van der Waals surface area contributed by atoms with Crippen LogP contribution in [-0.2, 0) is 0 Å². The first-order valence-corrected chi connectivity index (χ1v) is 4.82. The molecule has 0 amide bonds. The van der Waals surface area contributed by atoms with E-state index in [1.54, 1.807) is 0 Å². The van der Waals surface area contributed by atoms with Crippen molar-refractivity contribution in [3.05, 3.63) is 17.8 Å². The fraction of sp³-hybridized carbons (Fsp3) is 0.600. The first-order valence-electron chi connectivity index (χ1n) is 4.82. The molecule has 0 aliphatic rings. The smallest absolute Gasteiger partial charge is 0.149 e. The minimum absolute atomic E-state index is 0.0291. The largest absolute Gasteiger partial charge is 0.364 e. The van der Waals surface area contributed by atoms with Crippen molar-refractivity contribution < 1.29 is 0 Å². The molecule has 1 heterocycles. The standard InChI is InChI=1S/C10H18N4/c1-8-4-5-9(14-13-8)12-10(2,3)6-7-11/h4-5H,6-7,11H2,1-3H3,(H,12,14). The number of rotatable bonds is 4. The van der Waals surface area contributed by atoms with Crippen LogP contribution in [0.2, 0.25) is 0 Å². The van der Waals surface area contributed by atoms with Crippen molar-refractivity contribution in [2.45, 2.75) is 32.7 Å². The van der Waals surface area contributed by atoms with Crippen LogP contribution >= 0.6 is 0 Å². The van der Waals surface area contributed by atoms with Crippen molar-refractivity contribution in [3.8, 4) is 0 Å². The average Bonchev–Trinajstić information content (AvgIpc) is 2.08. The summed E-state index contributed by atoms with van der Waals surface area (Å²) < 4.78 is 0. The van der Waals surface area contributed by atoms with Gasteiger partial charge in [-0.3, -0.25) is 0 Å². The van der Waals surface area contributed by atoms with Crippen LogP contribution < -0.4 is 11.1 Å². The number of hydrogen-bond acceptors (Lipinski definition) is 4. The Labute approximate surface area is 84.9 Å². The summed E-state index contributed by atoms with van der Waals surface area (Å²) in [5.74, 6) is 0.800. The van der Waals surface area contributed by atoms with E-state index in [1.165, 1.54) is 0 Å². The molecule has 0 saturated carbocycles. The molecule has 0 aromatic carbocycles. The fourth-order valence-electron chi connectivity index (χ4n) is 1.24. The van der Waals surface area contributed by atoms with Gasteiger partial charge in [0.25, 0.3) is 0 Å². The molecule has 1 rings (SSSR count). The quantitative estimate of drug-likeness (QED) is 0.759. The zero-order chi connectivity index (χ0) is 10.6. The number of aryl methyl sites for hydroxylation is 1. The van der Waals surface area contributed by atoms with E-state index in [9.17, 15) is 0 Å². The van der Waals surface area contributed by atoms with Gasteiger partial charge in [0.2, 0.25) is 0 Å². The molecule has 0 fully saturated rings. The maximum absolute atomic E-state index is 5.52. The van der Waals surface area contributed by atoms with Crippen LogP contribution in [0.5, 0.6) is 0 Å². The molecule has 0 radical (unpaired) electrons. The highest BCUT2D eigenvalue weighted by molar-refractivity contribution is 5.35. The van der Waals surface area contributed by atoms with E-state index >= 15 is 0 Å². The van der Waals surface area contributed by atoms with Gasteiger partial charge in [-0.1, -0.05) is 0 Å². The van der Waals surface area contributed by atoms with Gasteiger partial charge in [-0.25, -0.2) is 0 Å². The molecule has 78 valence electrons. The Hall–Kier alpha value is -1.16. The maximum Gasteiger partial charge on any atom is 0.149 e. The highest BCUT2D eigenvalue weighted by atomic mass is 15.2. The molecular formula is C10H18N4. The van der Waals surface area contributed by atoms with E-state index in [0.29, 0.717) is 6.54 Å². The second-order valence-electron chi connectivity index (χ2n) is 4.11. The Morgan fingerprint density at radius 3 is 2.57 bits per heavy atom. The third-order valence-corrected chi connectivity index (χ3v) is 2.03.